The van der Waals surface area contributed by atoms with Gasteiger partial charge in [-0.2, -0.15) is 0 Å². The zero-order chi connectivity index (χ0) is 11.2. The van der Waals surface area contributed by atoms with Crippen LogP contribution in [0.15, 0.2) is 30.3 Å². The van der Waals surface area contributed by atoms with E-state index in [4.69, 9.17) is 5.11 Å². The summed E-state index contributed by atoms with van der Waals surface area (Å²) in [7, 11) is 0. The van der Waals surface area contributed by atoms with Gasteiger partial charge in [0, 0.05) is 13.2 Å². The molecule has 88 valence electrons. The highest BCUT2D eigenvalue weighted by Crippen LogP contribution is 2.27. The van der Waals surface area contributed by atoms with E-state index in [-0.39, 0.29) is 0 Å². The molecule has 0 saturated carbocycles. The molecule has 0 atom stereocenters. The van der Waals surface area contributed by atoms with Crippen molar-refractivity contribution in [2.75, 3.05) is 26.2 Å². The lowest BCUT2D eigenvalue weighted by Crippen LogP contribution is -2.34. The first-order chi connectivity index (χ1) is 7.90. The second kappa shape index (κ2) is 6.02. The number of aliphatic hydroxyl groups is 1. The molecule has 2 heteroatoms. The van der Waals surface area contributed by atoms with Crippen LogP contribution in [-0.2, 0) is 0 Å². The van der Waals surface area contributed by atoms with Crippen LogP contribution in [-0.4, -0.2) is 36.2 Å². The minimum atomic E-state index is 0.318. The van der Waals surface area contributed by atoms with Gasteiger partial charge in [-0.25, -0.2) is 0 Å². The molecule has 0 bridgehead atoms. The Morgan fingerprint density at radius 3 is 2.44 bits per heavy atom. The van der Waals surface area contributed by atoms with E-state index in [2.05, 4.69) is 35.2 Å². The van der Waals surface area contributed by atoms with Gasteiger partial charge < -0.3 is 10.0 Å². The first kappa shape index (κ1) is 11.6. The molecular weight excluding hydrogens is 198 g/mol. The molecule has 0 unspecified atom stereocenters. The topological polar surface area (TPSA) is 23.5 Å². The first-order valence-electron chi connectivity index (χ1n) is 6.28. The Kier molecular flexibility index (Phi) is 4.37. The summed E-state index contributed by atoms with van der Waals surface area (Å²) in [6.07, 6.45) is 3.43. The molecule has 1 aromatic carbocycles. The fourth-order valence-electron chi connectivity index (χ4n) is 2.51. The van der Waals surface area contributed by atoms with Crippen LogP contribution in [0, 0.1) is 0 Å². The lowest BCUT2D eigenvalue weighted by atomic mass is 9.89. The third-order valence-electron chi connectivity index (χ3n) is 3.49. The van der Waals surface area contributed by atoms with Gasteiger partial charge in [-0.05, 0) is 43.8 Å². The predicted octanol–water partition coefficient (Wildman–Crippen LogP) is 2.25. The Morgan fingerprint density at radius 2 is 1.81 bits per heavy atom. The van der Waals surface area contributed by atoms with Crippen LogP contribution >= 0.6 is 0 Å². The zero-order valence-electron chi connectivity index (χ0n) is 9.81. The second-order valence-electron chi connectivity index (χ2n) is 4.60. The highest BCUT2D eigenvalue weighted by atomic mass is 16.3. The molecule has 1 aromatic rings. The van der Waals surface area contributed by atoms with Gasteiger partial charge in [0.2, 0.25) is 0 Å². The first-order valence-corrected chi connectivity index (χ1v) is 6.28. The van der Waals surface area contributed by atoms with Crippen molar-refractivity contribution < 1.29 is 5.11 Å². The Morgan fingerprint density at radius 1 is 1.12 bits per heavy atom. The van der Waals surface area contributed by atoms with Gasteiger partial charge in [-0.3, -0.25) is 0 Å². The Hall–Kier alpha value is -0.860. The van der Waals surface area contributed by atoms with Gasteiger partial charge in [0.25, 0.3) is 0 Å². The summed E-state index contributed by atoms with van der Waals surface area (Å²) in [5, 5.41) is 8.80. The summed E-state index contributed by atoms with van der Waals surface area (Å²) < 4.78 is 0. The van der Waals surface area contributed by atoms with E-state index in [1.54, 1.807) is 0 Å². The summed E-state index contributed by atoms with van der Waals surface area (Å²) in [6, 6.07) is 10.8. The van der Waals surface area contributed by atoms with Crippen molar-refractivity contribution in [1.82, 2.24) is 4.90 Å². The van der Waals surface area contributed by atoms with Crippen LogP contribution in [0.4, 0.5) is 0 Å². The molecule has 0 aliphatic carbocycles. The zero-order valence-corrected chi connectivity index (χ0v) is 9.81. The molecule has 1 aliphatic rings. The molecule has 0 radical (unpaired) electrons. The molecule has 0 aromatic heterocycles. The van der Waals surface area contributed by atoms with Crippen molar-refractivity contribution >= 4 is 0 Å². The highest BCUT2D eigenvalue weighted by molar-refractivity contribution is 5.19. The molecule has 1 fully saturated rings. The lowest BCUT2D eigenvalue weighted by Gasteiger charge is -2.32. The number of piperidine rings is 1. The van der Waals surface area contributed by atoms with Gasteiger partial charge in [-0.15, -0.1) is 0 Å². The van der Waals surface area contributed by atoms with Crippen molar-refractivity contribution in [2.24, 2.45) is 0 Å². The molecule has 0 spiro atoms. The second-order valence-corrected chi connectivity index (χ2v) is 4.60. The molecule has 2 nitrogen and oxygen atoms in total. The van der Waals surface area contributed by atoms with Crippen molar-refractivity contribution in [2.45, 2.75) is 25.2 Å². The monoisotopic (exact) mass is 219 g/mol. The number of nitrogens with zero attached hydrogens (tertiary/aromatic N) is 1. The van der Waals surface area contributed by atoms with Crippen LogP contribution in [0.3, 0.4) is 0 Å². The summed E-state index contributed by atoms with van der Waals surface area (Å²) >= 11 is 0. The third-order valence-corrected chi connectivity index (χ3v) is 3.49. The van der Waals surface area contributed by atoms with E-state index >= 15 is 0 Å². The normalized spacial score (nSPS) is 18.8. The van der Waals surface area contributed by atoms with Crippen molar-refractivity contribution in [3.8, 4) is 0 Å². The summed E-state index contributed by atoms with van der Waals surface area (Å²) in [6.45, 7) is 3.73. The molecule has 1 saturated heterocycles. The number of hydrogen-bond donors (Lipinski definition) is 1. The van der Waals surface area contributed by atoms with Gasteiger partial charge in [0.1, 0.15) is 0 Å². The van der Waals surface area contributed by atoms with E-state index in [0.29, 0.717) is 6.61 Å². The van der Waals surface area contributed by atoms with Crippen LogP contribution in [0.25, 0.3) is 0 Å². The molecular formula is C14H21NO. The van der Waals surface area contributed by atoms with Crippen LogP contribution in [0.1, 0.15) is 30.7 Å². The van der Waals surface area contributed by atoms with E-state index in [1.807, 2.05) is 0 Å². The van der Waals surface area contributed by atoms with Crippen molar-refractivity contribution in [3.05, 3.63) is 35.9 Å². The largest absolute Gasteiger partial charge is 0.396 e. The number of aliphatic hydroxyl groups excluding tert-OH is 1. The van der Waals surface area contributed by atoms with Crippen LogP contribution in [0.2, 0.25) is 0 Å². The Labute approximate surface area is 97.9 Å². The average Bonchev–Trinajstić information content (AvgIpc) is 2.38. The number of likely N-dealkylation sites (tertiary alicyclic amines) is 1. The molecule has 1 aliphatic heterocycles. The van der Waals surface area contributed by atoms with Gasteiger partial charge in [-0.1, -0.05) is 30.3 Å². The van der Waals surface area contributed by atoms with E-state index in [0.717, 1.165) is 18.9 Å². The fourth-order valence-corrected chi connectivity index (χ4v) is 2.51. The van der Waals surface area contributed by atoms with E-state index in [1.165, 1.54) is 31.5 Å². The molecule has 2 rings (SSSR count). The number of benzene rings is 1. The van der Waals surface area contributed by atoms with Crippen LogP contribution in [0.5, 0.6) is 0 Å². The van der Waals surface area contributed by atoms with Crippen LogP contribution < -0.4 is 0 Å². The fraction of sp³-hybridized carbons (Fsp3) is 0.571. The smallest absolute Gasteiger partial charge is 0.0443 e. The van der Waals surface area contributed by atoms with Gasteiger partial charge in [0.05, 0.1) is 0 Å². The summed E-state index contributed by atoms with van der Waals surface area (Å²) in [4.78, 5) is 2.47. The quantitative estimate of drug-likeness (QED) is 0.839. The molecule has 16 heavy (non-hydrogen) atoms. The van der Waals surface area contributed by atoms with Gasteiger partial charge in [0.15, 0.2) is 0 Å². The predicted molar refractivity (Wildman–Crippen MR) is 66.6 cm³/mol. The van der Waals surface area contributed by atoms with E-state index in [9.17, 15) is 0 Å². The maximum absolute atomic E-state index is 8.80. The van der Waals surface area contributed by atoms with E-state index < -0.39 is 0 Å². The standard InChI is InChI=1S/C14H21NO/c16-12-4-9-15-10-7-14(8-11-15)13-5-2-1-3-6-13/h1-3,5-6,14,16H,4,7-12H2. The number of hydrogen-bond acceptors (Lipinski definition) is 2. The van der Waals surface area contributed by atoms with Gasteiger partial charge >= 0.3 is 0 Å². The lowest BCUT2D eigenvalue weighted by molar-refractivity contribution is 0.187. The summed E-state index contributed by atoms with van der Waals surface area (Å²) in [5.74, 6) is 0.742. The minimum absolute atomic E-state index is 0.318. The van der Waals surface area contributed by atoms with Crippen molar-refractivity contribution in [1.29, 1.82) is 0 Å². The highest BCUT2D eigenvalue weighted by Gasteiger charge is 2.19. The third kappa shape index (κ3) is 3.06. The SMILES string of the molecule is OCCCN1CCC(c2ccccc2)CC1. The van der Waals surface area contributed by atoms with Crippen molar-refractivity contribution in [3.63, 3.8) is 0 Å². The molecule has 1 N–H and O–H groups in total. The maximum Gasteiger partial charge on any atom is 0.0443 e. The maximum atomic E-state index is 8.80. The molecule has 0 amide bonds. The minimum Gasteiger partial charge on any atom is -0.396 e. The average molecular weight is 219 g/mol. The Balaban J connectivity index is 1.81. The molecule has 1 heterocycles. The Bertz CT molecular complexity index is 291. The number of rotatable bonds is 4. The summed E-state index contributed by atoms with van der Waals surface area (Å²) in [5.41, 5.74) is 1.49.